The molecule has 1 aromatic carbocycles. The van der Waals surface area contributed by atoms with Crippen molar-refractivity contribution in [2.75, 3.05) is 11.9 Å². The Labute approximate surface area is 185 Å². The second-order valence-electron chi connectivity index (χ2n) is 10.8. The van der Waals surface area contributed by atoms with Gasteiger partial charge in [0.2, 0.25) is 0 Å². The summed E-state index contributed by atoms with van der Waals surface area (Å²) in [7, 11) is 0. The number of carbonyl (C=O) groups excluding carboxylic acids is 3. The average Bonchev–Trinajstić information content (AvgIpc) is 2.57. The zero-order chi connectivity index (χ0) is 23.6. The van der Waals surface area contributed by atoms with Gasteiger partial charge in [-0.25, -0.2) is 9.59 Å². The van der Waals surface area contributed by atoms with Crippen molar-refractivity contribution in [2.45, 2.75) is 85.5 Å². The highest BCUT2D eigenvalue weighted by atomic mass is 16.6. The van der Waals surface area contributed by atoms with Gasteiger partial charge in [0, 0.05) is 12.1 Å². The molecule has 0 unspecified atom stereocenters. The highest BCUT2D eigenvalue weighted by molar-refractivity contribution is 6.07. The van der Waals surface area contributed by atoms with Gasteiger partial charge in [0.05, 0.1) is 11.7 Å². The molecule has 0 aromatic heterocycles. The van der Waals surface area contributed by atoms with Gasteiger partial charge in [-0.1, -0.05) is 26.0 Å². The summed E-state index contributed by atoms with van der Waals surface area (Å²) in [4.78, 5) is 40.3. The highest BCUT2D eigenvalue weighted by Gasteiger charge is 2.42. The maximum atomic E-state index is 13.6. The fourth-order valence-corrected chi connectivity index (χ4v) is 3.49. The minimum absolute atomic E-state index is 0.105. The number of piperidine rings is 1. The number of nitrogens with zero attached hydrogens (tertiary/aromatic N) is 1. The van der Waals surface area contributed by atoms with Crippen LogP contribution in [-0.2, 0) is 9.47 Å². The van der Waals surface area contributed by atoms with Crippen LogP contribution in [0.3, 0.4) is 0 Å². The summed E-state index contributed by atoms with van der Waals surface area (Å²) < 4.78 is 10.9. The lowest BCUT2D eigenvalue weighted by Crippen LogP contribution is -2.53. The Morgan fingerprint density at radius 2 is 1.58 bits per heavy atom. The molecule has 31 heavy (non-hydrogen) atoms. The molecular weight excluding hydrogens is 396 g/mol. The van der Waals surface area contributed by atoms with Crippen LogP contribution < -0.4 is 5.32 Å². The quantitative estimate of drug-likeness (QED) is 0.625. The Bertz CT molecular complexity index is 833. The van der Waals surface area contributed by atoms with E-state index in [0.29, 0.717) is 24.2 Å². The number of ether oxygens (including phenoxy) is 2. The zero-order valence-corrected chi connectivity index (χ0v) is 20.0. The molecule has 1 atom stereocenters. The zero-order valence-electron chi connectivity index (χ0n) is 20.0. The SMILES string of the molecule is CC1(C)CCN(C(=O)OC(C)(C)C)[C@@H](C(=O)c2ccccc2NC(=O)OC(C)(C)C)C1. The van der Waals surface area contributed by atoms with Gasteiger partial charge in [0.25, 0.3) is 0 Å². The van der Waals surface area contributed by atoms with E-state index in [1.807, 2.05) is 0 Å². The fourth-order valence-electron chi connectivity index (χ4n) is 3.49. The standard InChI is InChI=1S/C24H36N2O5/c1-22(2,3)30-20(28)25-17-12-10-9-11-16(17)19(27)18-15-24(7,8)13-14-26(18)21(29)31-23(4,5)6/h9-12,18H,13-15H2,1-8H3,(H,25,28)/t18-/m1/s1. The van der Waals surface area contributed by atoms with Gasteiger partial charge in [0.1, 0.15) is 11.2 Å². The lowest BCUT2D eigenvalue weighted by Gasteiger charge is -2.42. The van der Waals surface area contributed by atoms with E-state index in [2.05, 4.69) is 19.2 Å². The lowest BCUT2D eigenvalue weighted by molar-refractivity contribution is -0.00129. The van der Waals surface area contributed by atoms with Crippen molar-refractivity contribution >= 4 is 23.7 Å². The van der Waals surface area contributed by atoms with Crippen LogP contribution in [0.2, 0.25) is 0 Å². The molecule has 1 aliphatic rings. The molecule has 0 bridgehead atoms. The Morgan fingerprint density at radius 1 is 1.00 bits per heavy atom. The Hall–Kier alpha value is -2.57. The number of ketones is 1. The molecule has 0 spiro atoms. The first-order chi connectivity index (χ1) is 14.1. The Balaban J connectivity index is 2.33. The number of amides is 2. The van der Waals surface area contributed by atoms with Crippen molar-refractivity contribution in [3.05, 3.63) is 29.8 Å². The first-order valence-corrected chi connectivity index (χ1v) is 10.7. The summed E-state index contributed by atoms with van der Waals surface area (Å²) in [5.41, 5.74) is -0.733. The van der Waals surface area contributed by atoms with Gasteiger partial charge in [0.15, 0.2) is 5.78 Å². The van der Waals surface area contributed by atoms with Crippen molar-refractivity contribution in [3.63, 3.8) is 0 Å². The van der Waals surface area contributed by atoms with Crippen LogP contribution in [0.4, 0.5) is 15.3 Å². The molecule has 1 fully saturated rings. The lowest BCUT2D eigenvalue weighted by atomic mass is 9.77. The minimum atomic E-state index is -0.680. The van der Waals surface area contributed by atoms with Crippen LogP contribution in [-0.4, -0.2) is 46.7 Å². The number of hydrogen-bond acceptors (Lipinski definition) is 5. The van der Waals surface area contributed by atoms with E-state index in [9.17, 15) is 14.4 Å². The topological polar surface area (TPSA) is 84.9 Å². The minimum Gasteiger partial charge on any atom is -0.444 e. The van der Waals surface area contributed by atoms with Gasteiger partial charge in [-0.3, -0.25) is 15.0 Å². The predicted molar refractivity (Wildman–Crippen MR) is 120 cm³/mol. The summed E-state index contributed by atoms with van der Waals surface area (Å²) in [6.45, 7) is 15.3. The fraction of sp³-hybridized carbons (Fsp3) is 0.625. The maximum absolute atomic E-state index is 13.6. The molecule has 1 heterocycles. The van der Waals surface area contributed by atoms with E-state index in [-0.39, 0.29) is 11.2 Å². The molecular formula is C24H36N2O5. The monoisotopic (exact) mass is 432 g/mol. The normalized spacial score (nSPS) is 18.8. The van der Waals surface area contributed by atoms with Gasteiger partial charge in [-0.05, 0) is 71.9 Å². The first kappa shape index (κ1) is 24.7. The van der Waals surface area contributed by atoms with E-state index in [4.69, 9.17) is 9.47 Å². The molecule has 1 aliphatic heterocycles. The summed E-state index contributed by atoms with van der Waals surface area (Å²) in [5.74, 6) is -0.231. The number of likely N-dealkylation sites (tertiary alicyclic amines) is 1. The van der Waals surface area contributed by atoms with Crippen LogP contribution in [0, 0.1) is 5.41 Å². The van der Waals surface area contributed by atoms with Gasteiger partial charge < -0.3 is 9.47 Å². The van der Waals surface area contributed by atoms with E-state index in [1.54, 1.807) is 65.8 Å². The van der Waals surface area contributed by atoms with Gasteiger partial charge in [-0.2, -0.15) is 0 Å². The third-order valence-electron chi connectivity index (χ3n) is 4.91. The van der Waals surface area contributed by atoms with Crippen LogP contribution >= 0.6 is 0 Å². The molecule has 1 saturated heterocycles. The molecule has 0 radical (unpaired) electrons. The second-order valence-corrected chi connectivity index (χ2v) is 10.8. The molecule has 0 aliphatic carbocycles. The molecule has 172 valence electrons. The number of carbonyl (C=O) groups is 3. The smallest absolute Gasteiger partial charge is 0.412 e. The first-order valence-electron chi connectivity index (χ1n) is 10.7. The number of hydrogen-bond donors (Lipinski definition) is 1. The number of rotatable bonds is 3. The van der Waals surface area contributed by atoms with E-state index in [1.165, 1.54) is 4.90 Å². The third kappa shape index (κ3) is 7.26. The van der Waals surface area contributed by atoms with Crippen LogP contribution in [0.25, 0.3) is 0 Å². The van der Waals surface area contributed by atoms with E-state index < -0.39 is 29.4 Å². The van der Waals surface area contributed by atoms with Crippen molar-refractivity contribution in [1.29, 1.82) is 0 Å². The van der Waals surface area contributed by atoms with Crippen LogP contribution in [0.1, 0.15) is 78.6 Å². The molecule has 7 heteroatoms. The second kappa shape index (κ2) is 8.89. The number of anilines is 1. The van der Waals surface area contributed by atoms with Crippen molar-refractivity contribution < 1.29 is 23.9 Å². The van der Waals surface area contributed by atoms with Crippen molar-refractivity contribution in [2.24, 2.45) is 5.41 Å². The number of Topliss-reactive ketones (excluding diaryl/α,β-unsaturated/α-hetero) is 1. The van der Waals surface area contributed by atoms with Gasteiger partial charge >= 0.3 is 12.2 Å². The molecule has 2 rings (SSSR count). The number of nitrogens with one attached hydrogen (secondary N) is 1. The largest absolute Gasteiger partial charge is 0.444 e. The van der Waals surface area contributed by atoms with Crippen LogP contribution in [0.5, 0.6) is 0 Å². The van der Waals surface area contributed by atoms with E-state index >= 15 is 0 Å². The van der Waals surface area contributed by atoms with Crippen molar-refractivity contribution in [1.82, 2.24) is 4.90 Å². The third-order valence-corrected chi connectivity index (χ3v) is 4.91. The molecule has 1 aromatic rings. The number of benzene rings is 1. The molecule has 0 saturated carbocycles. The Kier molecular flexibility index (Phi) is 7.08. The highest BCUT2D eigenvalue weighted by Crippen LogP contribution is 2.36. The Morgan fingerprint density at radius 3 is 2.16 bits per heavy atom. The maximum Gasteiger partial charge on any atom is 0.412 e. The number of para-hydroxylation sites is 1. The summed E-state index contributed by atoms with van der Waals surface area (Å²) >= 11 is 0. The summed E-state index contributed by atoms with van der Waals surface area (Å²) in [6.07, 6.45) is 0.138. The van der Waals surface area contributed by atoms with Crippen LogP contribution in [0.15, 0.2) is 24.3 Å². The van der Waals surface area contributed by atoms with Crippen molar-refractivity contribution in [3.8, 4) is 0 Å². The molecule has 1 N–H and O–H groups in total. The van der Waals surface area contributed by atoms with E-state index in [0.717, 1.165) is 6.42 Å². The predicted octanol–water partition coefficient (Wildman–Crippen LogP) is 5.64. The molecule has 2 amide bonds. The molecule has 7 nitrogen and oxygen atoms in total. The summed E-state index contributed by atoms with van der Waals surface area (Å²) in [5, 5.41) is 2.67. The average molecular weight is 433 g/mol. The summed E-state index contributed by atoms with van der Waals surface area (Å²) in [6, 6.07) is 6.10. The van der Waals surface area contributed by atoms with Gasteiger partial charge in [-0.15, -0.1) is 0 Å².